The predicted octanol–water partition coefficient (Wildman–Crippen LogP) is 2.79. The molecule has 2 aliphatic heterocycles. The molecule has 2 heterocycles. The van der Waals surface area contributed by atoms with Crippen LogP contribution in [0.25, 0.3) is 0 Å². The SMILES string of the molecule is O=C1CSC(c2ccccc2)N1CCC1CCCCN1. The third-order valence-corrected chi connectivity index (χ3v) is 5.44. The van der Waals surface area contributed by atoms with E-state index >= 15 is 0 Å². The Bertz CT molecular complexity index is 445. The average molecular weight is 290 g/mol. The van der Waals surface area contributed by atoms with Gasteiger partial charge >= 0.3 is 0 Å². The molecule has 2 atom stereocenters. The summed E-state index contributed by atoms with van der Waals surface area (Å²) in [5.41, 5.74) is 1.25. The molecular formula is C16H22N2OS. The molecule has 2 saturated heterocycles. The summed E-state index contributed by atoms with van der Waals surface area (Å²) in [6.45, 7) is 2.01. The molecule has 4 heteroatoms. The molecule has 20 heavy (non-hydrogen) atoms. The zero-order valence-electron chi connectivity index (χ0n) is 11.8. The smallest absolute Gasteiger partial charge is 0.233 e. The quantitative estimate of drug-likeness (QED) is 0.925. The fourth-order valence-corrected chi connectivity index (χ4v) is 4.27. The summed E-state index contributed by atoms with van der Waals surface area (Å²) in [5, 5.41) is 3.78. The van der Waals surface area contributed by atoms with Gasteiger partial charge in [-0.1, -0.05) is 36.8 Å². The number of benzene rings is 1. The molecule has 0 aliphatic carbocycles. The van der Waals surface area contributed by atoms with Crippen molar-refractivity contribution in [3.05, 3.63) is 35.9 Å². The molecule has 1 aromatic rings. The van der Waals surface area contributed by atoms with Gasteiger partial charge in [0.15, 0.2) is 0 Å². The first kappa shape index (κ1) is 14.0. The van der Waals surface area contributed by atoms with Crippen LogP contribution in [0, 0.1) is 0 Å². The van der Waals surface area contributed by atoms with Crippen LogP contribution in [-0.4, -0.2) is 35.7 Å². The van der Waals surface area contributed by atoms with Crippen LogP contribution in [0.2, 0.25) is 0 Å². The maximum Gasteiger partial charge on any atom is 0.233 e. The molecule has 1 N–H and O–H groups in total. The molecule has 3 nitrogen and oxygen atoms in total. The monoisotopic (exact) mass is 290 g/mol. The van der Waals surface area contributed by atoms with E-state index in [9.17, 15) is 4.79 Å². The molecule has 0 saturated carbocycles. The van der Waals surface area contributed by atoms with E-state index in [0.717, 1.165) is 19.5 Å². The number of amides is 1. The normalized spacial score (nSPS) is 27.0. The Balaban J connectivity index is 1.62. The van der Waals surface area contributed by atoms with Crippen LogP contribution < -0.4 is 5.32 Å². The van der Waals surface area contributed by atoms with E-state index in [1.165, 1.54) is 24.8 Å². The highest BCUT2D eigenvalue weighted by Gasteiger charge is 2.32. The maximum atomic E-state index is 12.1. The predicted molar refractivity (Wildman–Crippen MR) is 83.6 cm³/mol. The lowest BCUT2D eigenvalue weighted by Crippen LogP contribution is -2.38. The van der Waals surface area contributed by atoms with Gasteiger partial charge in [0.1, 0.15) is 5.37 Å². The highest BCUT2D eigenvalue weighted by molar-refractivity contribution is 8.00. The number of hydrogen-bond donors (Lipinski definition) is 1. The number of nitrogens with one attached hydrogen (secondary N) is 1. The van der Waals surface area contributed by atoms with Gasteiger partial charge in [0.05, 0.1) is 5.75 Å². The Morgan fingerprint density at radius 3 is 2.85 bits per heavy atom. The van der Waals surface area contributed by atoms with Crippen LogP contribution >= 0.6 is 11.8 Å². The van der Waals surface area contributed by atoms with E-state index in [4.69, 9.17) is 0 Å². The van der Waals surface area contributed by atoms with E-state index in [2.05, 4.69) is 34.5 Å². The van der Waals surface area contributed by atoms with Gasteiger partial charge in [0.2, 0.25) is 5.91 Å². The molecule has 2 fully saturated rings. The van der Waals surface area contributed by atoms with Crippen molar-refractivity contribution in [2.75, 3.05) is 18.8 Å². The first-order valence-corrected chi connectivity index (χ1v) is 8.59. The Kier molecular flexibility index (Phi) is 4.63. The maximum absolute atomic E-state index is 12.1. The first-order chi connectivity index (χ1) is 9.84. The second-order valence-corrected chi connectivity index (χ2v) is 6.67. The Morgan fingerprint density at radius 1 is 1.25 bits per heavy atom. The summed E-state index contributed by atoms with van der Waals surface area (Å²) < 4.78 is 0. The van der Waals surface area contributed by atoms with Crippen molar-refractivity contribution in [3.63, 3.8) is 0 Å². The van der Waals surface area contributed by atoms with Crippen molar-refractivity contribution >= 4 is 17.7 Å². The van der Waals surface area contributed by atoms with Gasteiger partial charge in [-0.3, -0.25) is 4.79 Å². The summed E-state index contributed by atoms with van der Waals surface area (Å²) in [4.78, 5) is 14.2. The van der Waals surface area contributed by atoms with Crippen LogP contribution in [-0.2, 0) is 4.79 Å². The van der Waals surface area contributed by atoms with Crippen molar-refractivity contribution in [2.24, 2.45) is 0 Å². The van der Waals surface area contributed by atoms with E-state index in [1.807, 2.05) is 6.07 Å². The zero-order chi connectivity index (χ0) is 13.8. The van der Waals surface area contributed by atoms with Crippen molar-refractivity contribution < 1.29 is 4.79 Å². The lowest BCUT2D eigenvalue weighted by molar-refractivity contribution is -0.128. The highest BCUT2D eigenvalue weighted by atomic mass is 32.2. The summed E-state index contributed by atoms with van der Waals surface area (Å²) in [6, 6.07) is 11.0. The summed E-state index contributed by atoms with van der Waals surface area (Å²) >= 11 is 1.75. The number of carbonyl (C=O) groups excluding carboxylic acids is 1. The van der Waals surface area contributed by atoms with Gasteiger partial charge < -0.3 is 10.2 Å². The molecule has 0 bridgehead atoms. The summed E-state index contributed by atoms with van der Waals surface area (Å²) in [5.74, 6) is 0.914. The molecule has 2 unspecified atom stereocenters. The number of nitrogens with zero attached hydrogens (tertiary/aromatic N) is 1. The Labute approximate surface area is 125 Å². The van der Waals surface area contributed by atoms with E-state index in [-0.39, 0.29) is 5.37 Å². The van der Waals surface area contributed by atoms with Crippen LogP contribution in [0.5, 0.6) is 0 Å². The summed E-state index contributed by atoms with van der Waals surface area (Å²) in [7, 11) is 0. The van der Waals surface area contributed by atoms with E-state index in [1.54, 1.807) is 11.8 Å². The second kappa shape index (κ2) is 6.64. The topological polar surface area (TPSA) is 32.3 Å². The number of rotatable bonds is 4. The lowest BCUT2D eigenvalue weighted by atomic mass is 10.0. The van der Waals surface area contributed by atoms with Gasteiger partial charge in [-0.2, -0.15) is 0 Å². The van der Waals surface area contributed by atoms with Crippen LogP contribution in [0.1, 0.15) is 36.6 Å². The number of hydrogen-bond acceptors (Lipinski definition) is 3. The van der Waals surface area contributed by atoms with Gasteiger partial charge in [-0.25, -0.2) is 0 Å². The van der Waals surface area contributed by atoms with Crippen LogP contribution in [0.3, 0.4) is 0 Å². The van der Waals surface area contributed by atoms with Gasteiger partial charge in [0, 0.05) is 12.6 Å². The van der Waals surface area contributed by atoms with Crippen LogP contribution in [0.4, 0.5) is 0 Å². The third kappa shape index (κ3) is 3.18. The van der Waals surface area contributed by atoms with E-state index < -0.39 is 0 Å². The fourth-order valence-electron chi connectivity index (χ4n) is 3.05. The first-order valence-electron chi connectivity index (χ1n) is 7.54. The minimum atomic E-state index is 0.215. The van der Waals surface area contributed by atoms with Crippen molar-refractivity contribution in [2.45, 2.75) is 37.1 Å². The summed E-state index contributed by atoms with van der Waals surface area (Å²) in [6.07, 6.45) is 4.95. The van der Waals surface area contributed by atoms with Gasteiger partial charge in [-0.15, -0.1) is 11.8 Å². The molecule has 2 aliphatic rings. The van der Waals surface area contributed by atoms with Crippen molar-refractivity contribution in [1.82, 2.24) is 10.2 Å². The Hall–Kier alpha value is -1.00. The molecule has 1 amide bonds. The lowest BCUT2D eigenvalue weighted by Gasteiger charge is -2.28. The highest BCUT2D eigenvalue weighted by Crippen LogP contribution is 2.38. The second-order valence-electron chi connectivity index (χ2n) is 5.60. The van der Waals surface area contributed by atoms with Gasteiger partial charge in [-0.05, 0) is 31.4 Å². The van der Waals surface area contributed by atoms with E-state index in [0.29, 0.717) is 17.7 Å². The number of carbonyl (C=O) groups is 1. The zero-order valence-corrected chi connectivity index (χ0v) is 12.6. The molecule has 1 aromatic carbocycles. The number of piperidine rings is 1. The minimum Gasteiger partial charge on any atom is -0.326 e. The molecule has 108 valence electrons. The minimum absolute atomic E-state index is 0.215. The Morgan fingerprint density at radius 2 is 2.10 bits per heavy atom. The average Bonchev–Trinajstić information content (AvgIpc) is 2.88. The van der Waals surface area contributed by atoms with Crippen molar-refractivity contribution in [1.29, 1.82) is 0 Å². The molecule has 0 aromatic heterocycles. The third-order valence-electron chi connectivity index (χ3n) is 4.18. The molecular weight excluding hydrogens is 268 g/mol. The van der Waals surface area contributed by atoms with Gasteiger partial charge in [0.25, 0.3) is 0 Å². The fraction of sp³-hybridized carbons (Fsp3) is 0.562. The standard InChI is InChI=1S/C16H22N2OS/c19-15-12-20-16(13-6-2-1-3-7-13)18(15)11-9-14-8-4-5-10-17-14/h1-3,6-7,14,16-17H,4-5,8-12H2. The molecule has 0 spiro atoms. The van der Waals surface area contributed by atoms with Crippen LogP contribution in [0.15, 0.2) is 30.3 Å². The number of thioether (sulfide) groups is 1. The van der Waals surface area contributed by atoms with Crippen molar-refractivity contribution in [3.8, 4) is 0 Å². The largest absolute Gasteiger partial charge is 0.326 e. The molecule has 3 rings (SSSR count). The molecule has 0 radical (unpaired) electrons.